The minimum atomic E-state index is 0.309. The molecule has 1 heterocycles. The average Bonchev–Trinajstić information content (AvgIpc) is 2.29. The number of nitrogens with zero attached hydrogens (tertiary/aromatic N) is 1. The second-order valence-electron chi connectivity index (χ2n) is 6.29. The molecule has 1 saturated carbocycles. The van der Waals surface area contributed by atoms with Crippen molar-refractivity contribution in [1.82, 2.24) is 10.2 Å². The van der Waals surface area contributed by atoms with Gasteiger partial charge in [0.25, 0.3) is 0 Å². The minimum Gasteiger partial charge on any atom is -0.309 e. The van der Waals surface area contributed by atoms with Crippen LogP contribution < -0.4 is 5.32 Å². The third-order valence-corrected chi connectivity index (χ3v) is 4.38. The van der Waals surface area contributed by atoms with Crippen molar-refractivity contribution >= 4 is 0 Å². The molecule has 0 radical (unpaired) electrons. The van der Waals surface area contributed by atoms with E-state index in [0.29, 0.717) is 5.54 Å². The van der Waals surface area contributed by atoms with Crippen LogP contribution in [0.4, 0.5) is 0 Å². The second kappa shape index (κ2) is 5.05. The lowest BCUT2D eigenvalue weighted by Crippen LogP contribution is -2.63. The molecule has 0 bridgehead atoms. The Morgan fingerprint density at radius 2 is 1.88 bits per heavy atom. The maximum atomic E-state index is 3.69. The summed E-state index contributed by atoms with van der Waals surface area (Å²) in [5.41, 5.74) is 0.309. The molecule has 2 heteroatoms. The molecule has 1 aliphatic heterocycles. The normalized spacial score (nSPS) is 32.8. The van der Waals surface area contributed by atoms with E-state index in [4.69, 9.17) is 0 Å². The van der Waals surface area contributed by atoms with Gasteiger partial charge < -0.3 is 5.32 Å². The van der Waals surface area contributed by atoms with Crippen molar-refractivity contribution in [3.05, 3.63) is 0 Å². The zero-order chi connectivity index (χ0) is 11.6. The zero-order valence-corrected chi connectivity index (χ0v) is 11.3. The highest BCUT2D eigenvalue weighted by atomic mass is 15.3. The summed E-state index contributed by atoms with van der Waals surface area (Å²) in [6.07, 6.45) is 8.53. The van der Waals surface area contributed by atoms with Crippen molar-refractivity contribution in [3.63, 3.8) is 0 Å². The summed E-state index contributed by atoms with van der Waals surface area (Å²) < 4.78 is 0. The lowest BCUT2D eigenvalue weighted by atomic mass is 9.89. The van der Waals surface area contributed by atoms with E-state index >= 15 is 0 Å². The molecule has 2 aliphatic rings. The van der Waals surface area contributed by atoms with Crippen molar-refractivity contribution in [1.29, 1.82) is 0 Å². The molecule has 2 rings (SSSR count). The van der Waals surface area contributed by atoms with E-state index in [1.165, 1.54) is 51.6 Å². The standard InChI is InChI=1S/C14H28N2/c1-4-12-10-15-14(2,3)11-16(12)13-8-6-5-7-9-13/h12-13,15H,4-11H2,1-3H3. The highest BCUT2D eigenvalue weighted by Gasteiger charge is 2.35. The first-order chi connectivity index (χ1) is 7.62. The molecule has 1 saturated heterocycles. The molecule has 94 valence electrons. The Balaban J connectivity index is 2.01. The van der Waals surface area contributed by atoms with E-state index < -0.39 is 0 Å². The molecule has 2 nitrogen and oxygen atoms in total. The molecule has 16 heavy (non-hydrogen) atoms. The fourth-order valence-corrected chi connectivity index (χ4v) is 3.37. The first kappa shape index (κ1) is 12.4. The Morgan fingerprint density at radius 3 is 2.50 bits per heavy atom. The largest absolute Gasteiger partial charge is 0.309 e. The van der Waals surface area contributed by atoms with Crippen molar-refractivity contribution in [2.45, 2.75) is 76.9 Å². The van der Waals surface area contributed by atoms with Gasteiger partial charge in [-0.3, -0.25) is 4.90 Å². The highest BCUT2D eigenvalue weighted by molar-refractivity contribution is 4.95. The minimum absolute atomic E-state index is 0.309. The number of nitrogens with one attached hydrogen (secondary N) is 1. The highest BCUT2D eigenvalue weighted by Crippen LogP contribution is 2.28. The first-order valence-electron chi connectivity index (χ1n) is 7.13. The molecule has 1 aliphatic carbocycles. The third kappa shape index (κ3) is 2.78. The van der Waals surface area contributed by atoms with Gasteiger partial charge in [0.1, 0.15) is 0 Å². The fraction of sp³-hybridized carbons (Fsp3) is 1.00. The van der Waals surface area contributed by atoms with E-state index in [1.807, 2.05) is 0 Å². The quantitative estimate of drug-likeness (QED) is 0.776. The van der Waals surface area contributed by atoms with Crippen LogP contribution in [0.15, 0.2) is 0 Å². The molecular formula is C14H28N2. The maximum Gasteiger partial charge on any atom is 0.0253 e. The molecule has 1 N–H and O–H groups in total. The van der Waals surface area contributed by atoms with E-state index in [1.54, 1.807) is 0 Å². The molecular weight excluding hydrogens is 196 g/mol. The van der Waals surface area contributed by atoms with Crippen LogP contribution >= 0.6 is 0 Å². The number of hydrogen-bond donors (Lipinski definition) is 1. The van der Waals surface area contributed by atoms with E-state index in [-0.39, 0.29) is 0 Å². The predicted molar refractivity (Wildman–Crippen MR) is 69.7 cm³/mol. The lowest BCUT2D eigenvalue weighted by molar-refractivity contribution is 0.0364. The molecule has 0 aromatic rings. The molecule has 0 amide bonds. The van der Waals surface area contributed by atoms with Crippen molar-refractivity contribution in [2.24, 2.45) is 0 Å². The van der Waals surface area contributed by atoms with Crippen LogP contribution in [0.1, 0.15) is 59.3 Å². The second-order valence-corrected chi connectivity index (χ2v) is 6.29. The summed E-state index contributed by atoms with van der Waals surface area (Å²) in [5, 5.41) is 3.69. The van der Waals surface area contributed by atoms with Crippen molar-refractivity contribution in [2.75, 3.05) is 13.1 Å². The van der Waals surface area contributed by atoms with Gasteiger partial charge in [-0.25, -0.2) is 0 Å². The van der Waals surface area contributed by atoms with Crippen LogP contribution in [-0.2, 0) is 0 Å². The van der Waals surface area contributed by atoms with Crippen LogP contribution in [0.3, 0.4) is 0 Å². The van der Waals surface area contributed by atoms with E-state index in [9.17, 15) is 0 Å². The summed E-state index contributed by atoms with van der Waals surface area (Å²) in [7, 11) is 0. The topological polar surface area (TPSA) is 15.3 Å². The molecule has 0 aromatic carbocycles. The van der Waals surface area contributed by atoms with Crippen molar-refractivity contribution < 1.29 is 0 Å². The molecule has 1 atom stereocenters. The van der Waals surface area contributed by atoms with Gasteiger partial charge in [-0.05, 0) is 33.1 Å². The van der Waals surface area contributed by atoms with Crippen LogP contribution in [0.25, 0.3) is 0 Å². The monoisotopic (exact) mass is 224 g/mol. The third-order valence-electron chi connectivity index (χ3n) is 4.38. The Bertz CT molecular complexity index is 219. The van der Waals surface area contributed by atoms with Crippen LogP contribution in [0, 0.1) is 0 Å². The van der Waals surface area contributed by atoms with Crippen LogP contribution in [0.5, 0.6) is 0 Å². The van der Waals surface area contributed by atoms with Crippen LogP contribution in [-0.4, -0.2) is 35.6 Å². The van der Waals surface area contributed by atoms with Gasteiger partial charge >= 0.3 is 0 Å². The van der Waals surface area contributed by atoms with Gasteiger partial charge in [0.15, 0.2) is 0 Å². The maximum absolute atomic E-state index is 3.69. The van der Waals surface area contributed by atoms with Gasteiger partial charge in [-0.2, -0.15) is 0 Å². The number of piperazine rings is 1. The summed E-state index contributed by atoms with van der Waals surface area (Å²) in [6.45, 7) is 9.43. The van der Waals surface area contributed by atoms with Gasteiger partial charge in [0.05, 0.1) is 0 Å². The van der Waals surface area contributed by atoms with E-state index in [0.717, 1.165) is 12.1 Å². The van der Waals surface area contributed by atoms with Crippen molar-refractivity contribution in [3.8, 4) is 0 Å². The van der Waals surface area contributed by atoms with Gasteiger partial charge in [0, 0.05) is 30.7 Å². The number of hydrogen-bond acceptors (Lipinski definition) is 2. The Kier molecular flexibility index (Phi) is 3.91. The van der Waals surface area contributed by atoms with Gasteiger partial charge in [-0.15, -0.1) is 0 Å². The summed E-state index contributed by atoms with van der Waals surface area (Å²) in [5.74, 6) is 0. The van der Waals surface area contributed by atoms with E-state index in [2.05, 4.69) is 31.0 Å². The summed E-state index contributed by atoms with van der Waals surface area (Å²) in [4.78, 5) is 2.82. The average molecular weight is 224 g/mol. The molecule has 1 unspecified atom stereocenters. The van der Waals surface area contributed by atoms with Crippen LogP contribution in [0.2, 0.25) is 0 Å². The first-order valence-corrected chi connectivity index (χ1v) is 7.13. The lowest BCUT2D eigenvalue weighted by Gasteiger charge is -2.49. The molecule has 0 spiro atoms. The predicted octanol–water partition coefficient (Wildman–Crippen LogP) is 2.78. The SMILES string of the molecule is CCC1CNC(C)(C)CN1C1CCCCC1. The van der Waals surface area contributed by atoms with Gasteiger partial charge in [-0.1, -0.05) is 26.2 Å². The molecule has 0 aromatic heterocycles. The summed E-state index contributed by atoms with van der Waals surface area (Å²) in [6, 6.07) is 1.65. The summed E-state index contributed by atoms with van der Waals surface area (Å²) >= 11 is 0. The Hall–Kier alpha value is -0.0800. The smallest absolute Gasteiger partial charge is 0.0253 e. The number of rotatable bonds is 2. The van der Waals surface area contributed by atoms with Gasteiger partial charge in [0.2, 0.25) is 0 Å². The zero-order valence-electron chi connectivity index (χ0n) is 11.3. The Morgan fingerprint density at radius 1 is 1.19 bits per heavy atom. The molecule has 2 fully saturated rings. The Labute approximate surface area is 101 Å². The fourth-order valence-electron chi connectivity index (χ4n) is 3.37.